The van der Waals surface area contributed by atoms with Crippen molar-refractivity contribution in [2.24, 2.45) is 12.8 Å². The van der Waals surface area contributed by atoms with Crippen molar-refractivity contribution in [3.05, 3.63) is 35.2 Å². The van der Waals surface area contributed by atoms with Crippen LogP contribution in [-0.2, 0) is 13.5 Å². The predicted molar refractivity (Wildman–Crippen MR) is 77.4 cm³/mol. The fourth-order valence-corrected chi connectivity index (χ4v) is 2.40. The van der Waals surface area contributed by atoms with Gasteiger partial charge in [0.2, 0.25) is 0 Å². The van der Waals surface area contributed by atoms with Gasteiger partial charge >= 0.3 is 0 Å². The number of aryl methyl sites for hydroxylation is 2. The molecule has 0 amide bonds. The first-order valence-corrected chi connectivity index (χ1v) is 6.46. The number of aromatic nitrogens is 2. The molecule has 0 fully saturated rings. The van der Waals surface area contributed by atoms with Crippen molar-refractivity contribution in [1.29, 1.82) is 0 Å². The van der Waals surface area contributed by atoms with E-state index in [1.54, 1.807) is 7.11 Å². The van der Waals surface area contributed by atoms with Crippen LogP contribution in [0.5, 0.6) is 5.75 Å². The number of nitrogens with two attached hydrogens (primary N) is 1. The number of methoxy groups -OCH3 is 1. The SMILES string of the molecule is COc1ccc(-c2c(CCN)nn(C)c2C)cc1C. The molecule has 19 heavy (non-hydrogen) atoms. The van der Waals surface area contributed by atoms with Gasteiger partial charge in [-0.2, -0.15) is 5.10 Å². The van der Waals surface area contributed by atoms with Crippen LogP contribution in [0.4, 0.5) is 0 Å². The fraction of sp³-hybridized carbons (Fsp3) is 0.400. The van der Waals surface area contributed by atoms with E-state index < -0.39 is 0 Å². The van der Waals surface area contributed by atoms with E-state index in [0.29, 0.717) is 6.54 Å². The van der Waals surface area contributed by atoms with Crippen LogP contribution in [0.1, 0.15) is 17.0 Å². The van der Waals surface area contributed by atoms with E-state index in [9.17, 15) is 0 Å². The van der Waals surface area contributed by atoms with Crippen LogP contribution in [0, 0.1) is 13.8 Å². The molecule has 2 N–H and O–H groups in total. The summed E-state index contributed by atoms with van der Waals surface area (Å²) in [5.74, 6) is 0.908. The molecule has 0 saturated carbocycles. The van der Waals surface area contributed by atoms with Gasteiger partial charge in [-0.25, -0.2) is 0 Å². The van der Waals surface area contributed by atoms with Crippen LogP contribution in [0.15, 0.2) is 18.2 Å². The minimum Gasteiger partial charge on any atom is -0.496 e. The Morgan fingerprint density at radius 1 is 1.32 bits per heavy atom. The highest BCUT2D eigenvalue weighted by Gasteiger charge is 2.15. The maximum atomic E-state index is 5.67. The molecule has 1 aromatic heterocycles. The number of benzene rings is 1. The van der Waals surface area contributed by atoms with Crippen molar-refractivity contribution in [1.82, 2.24) is 9.78 Å². The van der Waals surface area contributed by atoms with Crippen molar-refractivity contribution in [3.63, 3.8) is 0 Å². The Labute approximate surface area is 114 Å². The van der Waals surface area contributed by atoms with Crippen LogP contribution in [0.3, 0.4) is 0 Å². The molecule has 0 bridgehead atoms. The molecular weight excluding hydrogens is 238 g/mol. The zero-order valence-electron chi connectivity index (χ0n) is 12.0. The number of rotatable bonds is 4. The van der Waals surface area contributed by atoms with Crippen molar-refractivity contribution in [2.45, 2.75) is 20.3 Å². The highest BCUT2D eigenvalue weighted by atomic mass is 16.5. The van der Waals surface area contributed by atoms with Gasteiger partial charge in [0, 0.05) is 24.7 Å². The third-order valence-corrected chi connectivity index (χ3v) is 3.47. The number of hydrogen-bond donors (Lipinski definition) is 1. The molecule has 102 valence electrons. The monoisotopic (exact) mass is 259 g/mol. The number of nitrogens with zero attached hydrogens (tertiary/aromatic N) is 2. The predicted octanol–water partition coefficient (Wildman–Crippen LogP) is 2.21. The van der Waals surface area contributed by atoms with E-state index in [2.05, 4.69) is 31.1 Å². The zero-order valence-corrected chi connectivity index (χ0v) is 12.0. The summed E-state index contributed by atoms with van der Waals surface area (Å²) in [6.07, 6.45) is 0.794. The third-order valence-electron chi connectivity index (χ3n) is 3.47. The summed E-state index contributed by atoms with van der Waals surface area (Å²) in [6, 6.07) is 6.22. The molecule has 0 aliphatic rings. The Morgan fingerprint density at radius 2 is 2.05 bits per heavy atom. The number of hydrogen-bond acceptors (Lipinski definition) is 3. The third kappa shape index (κ3) is 2.49. The second-order valence-corrected chi connectivity index (χ2v) is 4.75. The standard InChI is InChI=1S/C15H21N3O/c1-10-9-12(5-6-14(10)19-4)15-11(2)18(3)17-13(15)7-8-16/h5-6,9H,7-8,16H2,1-4H3. The van der Waals surface area contributed by atoms with Crippen molar-refractivity contribution in [3.8, 4) is 16.9 Å². The van der Waals surface area contributed by atoms with E-state index in [0.717, 1.165) is 29.1 Å². The van der Waals surface area contributed by atoms with E-state index in [1.165, 1.54) is 11.1 Å². The molecule has 0 radical (unpaired) electrons. The molecule has 2 aromatic rings. The Balaban J connectivity index is 2.54. The smallest absolute Gasteiger partial charge is 0.121 e. The van der Waals surface area contributed by atoms with Gasteiger partial charge in [0.05, 0.1) is 12.8 Å². The molecule has 0 aliphatic heterocycles. The van der Waals surface area contributed by atoms with Gasteiger partial charge < -0.3 is 10.5 Å². The molecule has 4 heteroatoms. The summed E-state index contributed by atoms with van der Waals surface area (Å²) >= 11 is 0. The lowest BCUT2D eigenvalue weighted by molar-refractivity contribution is 0.412. The lowest BCUT2D eigenvalue weighted by Crippen LogP contribution is -2.04. The van der Waals surface area contributed by atoms with E-state index in [-0.39, 0.29) is 0 Å². The summed E-state index contributed by atoms with van der Waals surface area (Å²) in [7, 11) is 3.66. The first-order valence-electron chi connectivity index (χ1n) is 6.46. The molecule has 0 spiro atoms. The van der Waals surface area contributed by atoms with Crippen LogP contribution in [-0.4, -0.2) is 23.4 Å². The molecule has 2 rings (SSSR count). The summed E-state index contributed by atoms with van der Waals surface area (Å²) in [6.45, 7) is 4.75. The average Bonchev–Trinajstić information content (AvgIpc) is 2.65. The van der Waals surface area contributed by atoms with Crippen molar-refractivity contribution >= 4 is 0 Å². The van der Waals surface area contributed by atoms with Crippen LogP contribution in [0.2, 0.25) is 0 Å². The summed E-state index contributed by atoms with van der Waals surface area (Å²) in [5, 5.41) is 4.55. The summed E-state index contributed by atoms with van der Waals surface area (Å²) in [5.41, 5.74) is 11.4. The largest absolute Gasteiger partial charge is 0.496 e. The Morgan fingerprint density at radius 3 is 2.63 bits per heavy atom. The van der Waals surface area contributed by atoms with Gasteiger partial charge in [-0.05, 0) is 43.7 Å². The first kappa shape index (κ1) is 13.6. The Hall–Kier alpha value is -1.81. The molecule has 0 aliphatic carbocycles. The lowest BCUT2D eigenvalue weighted by atomic mass is 9.99. The quantitative estimate of drug-likeness (QED) is 0.916. The highest BCUT2D eigenvalue weighted by molar-refractivity contribution is 5.70. The summed E-state index contributed by atoms with van der Waals surface area (Å²) in [4.78, 5) is 0. The second-order valence-electron chi connectivity index (χ2n) is 4.75. The average molecular weight is 259 g/mol. The number of ether oxygens (including phenoxy) is 1. The van der Waals surface area contributed by atoms with Crippen LogP contribution >= 0.6 is 0 Å². The van der Waals surface area contributed by atoms with E-state index in [4.69, 9.17) is 10.5 Å². The molecule has 0 unspecified atom stereocenters. The Kier molecular flexibility index (Phi) is 3.90. The molecule has 0 atom stereocenters. The maximum Gasteiger partial charge on any atom is 0.121 e. The van der Waals surface area contributed by atoms with Gasteiger partial charge in [0.25, 0.3) is 0 Å². The second kappa shape index (κ2) is 5.45. The Bertz CT molecular complexity index is 587. The minimum absolute atomic E-state index is 0.610. The summed E-state index contributed by atoms with van der Waals surface area (Å²) < 4.78 is 7.22. The van der Waals surface area contributed by atoms with Gasteiger partial charge in [-0.3, -0.25) is 4.68 Å². The van der Waals surface area contributed by atoms with Crippen LogP contribution < -0.4 is 10.5 Å². The molecule has 0 saturated heterocycles. The molecule has 1 heterocycles. The first-order chi connectivity index (χ1) is 9.08. The van der Waals surface area contributed by atoms with Gasteiger partial charge in [-0.15, -0.1) is 0 Å². The van der Waals surface area contributed by atoms with Crippen molar-refractivity contribution < 1.29 is 4.74 Å². The molecule has 1 aromatic carbocycles. The normalized spacial score (nSPS) is 10.8. The zero-order chi connectivity index (χ0) is 14.0. The molecule has 4 nitrogen and oxygen atoms in total. The minimum atomic E-state index is 0.610. The lowest BCUT2D eigenvalue weighted by Gasteiger charge is -2.08. The van der Waals surface area contributed by atoms with E-state index >= 15 is 0 Å². The van der Waals surface area contributed by atoms with Gasteiger partial charge in [0.15, 0.2) is 0 Å². The molecular formula is C15H21N3O. The highest BCUT2D eigenvalue weighted by Crippen LogP contribution is 2.30. The van der Waals surface area contributed by atoms with Gasteiger partial charge in [0.1, 0.15) is 5.75 Å². The topological polar surface area (TPSA) is 53.1 Å². The maximum absolute atomic E-state index is 5.67. The van der Waals surface area contributed by atoms with E-state index in [1.807, 2.05) is 17.8 Å². The van der Waals surface area contributed by atoms with Gasteiger partial charge in [-0.1, -0.05) is 6.07 Å². The van der Waals surface area contributed by atoms with Crippen molar-refractivity contribution in [2.75, 3.05) is 13.7 Å². The fourth-order valence-electron chi connectivity index (χ4n) is 2.40. The van der Waals surface area contributed by atoms with Crippen LogP contribution in [0.25, 0.3) is 11.1 Å².